The third-order valence-corrected chi connectivity index (χ3v) is 3.76. The van der Waals surface area contributed by atoms with Gasteiger partial charge in [0.2, 0.25) is 0 Å². The van der Waals surface area contributed by atoms with Gasteiger partial charge in [-0.15, -0.1) is 11.3 Å². The average Bonchev–Trinajstić information content (AvgIpc) is 2.74. The van der Waals surface area contributed by atoms with Gasteiger partial charge in [0.25, 0.3) is 0 Å². The van der Waals surface area contributed by atoms with Gasteiger partial charge in [0.05, 0.1) is 17.7 Å². The molecule has 0 saturated heterocycles. The lowest BCUT2D eigenvalue weighted by Crippen LogP contribution is -2.02. The Morgan fingerprint density at radius 1 is 1.29 bits per heavy atom. The van der Waals surface area contributed by atoms with Crippen LogP contribution in [0, 0.1) is 6.92 Å². The highest BCUT2D eigenvalue weighted by atomic mass is 32.1. The molecule has 0 unspecified atom stereocenters. The maximum absolute atomic E-state index is 4.27. The van der Waals surface area contributed by atoms with Gasteiger partial charge in [0.1, 0.15) is 0 Å². The maximum Gasteiger partial charge on any atom is 0.0798 e. The van der Waals surface area contributed by atoms with Gasteiger partial charge in [-0.3, -0.25) is 0 Å². The molecule has 1 N–H and O–H groups in total. The Hall–Kier alpha value is -1.35. The lowest BCUT2D eigenvalue weighted by atomic mass is 10.1. The van der Waals surface area contributed by atoms with Crippen LogP contribution in [0.4, 0.5) is 5.69 Å². The van der Waals surface area contributed by atoms with E-state index in [1.54, 1.807) is 11.3 Å². The zero-order valence-corrected chi connectivity index (χ0v) is 11.2. The van der Waals surface area contributed by atoms with Crippen LogP contribution in [-0.2, 0) is 13.0 Å². The molecule has 2 rings (SSSR count). The second-order valence-electron chi connectivity index (χ2n) is 4.12. The maximum atomic E-state index is 4.27. The van der Waals surface area contributed by atoms with Crippen LogP contribution in [0.3, 0.4) is 0 Å². The number of benzene rings is 1. The molecule has 17 heavy (non-hydrogen) atoms. The molecule has 2 aromatic rings. The first-order chi connectivity index (χ1) is 8.31. The normalized spacial score (nSPS) is 10.5. The van der Waals surface area contributed by atoms with Gasteiger partial charge in [-0.2, -0.15) is 0 Å². The Kier molecular flexibility index (Phi) is 4.15. The molecule has 3 heteroatoms. The van der Waals surface area contributed by atoms with Crippen molar-refractivity contribution < 1.29 is 0 Å². The summed E-state index contributed by atoms with van der Waals surface area (Å²) in [7, 11) is 0. The Morgan fingerprint density at radius 2 is 2.12 bits per heavy atom. The number of para-hydroxylation sites is 1. The third-order valence-electron chi connectivity index (χ3n) is 2.82. The molecule has 0 bridgehead atoms. The first-order valence-corrected chi connectivity index (χ1v) is 6.90. The summed E-state index contributed by atoms with van der Waals surface area (Å²) in [6, 6.07) is 8.54. The molecule has 1 aromatic carbocycles. The summed E-state index contributed by atoms with van der Waals surface area (Å²) < 4.78 is 0. The Labute approximate surface area is 107 Å². The monoisotopic (exact) mass is 246 g/mol. The molecule has 0 aliphatic carbocycles. The van der Waals surface area contributed by atoms with Crippen molar-refractivity contribution in [3.63, 3.8) is 0 Å². The van der Waals surface area contributed by atoms with Crippen LogP contribution in [0.5, 0.6) is 0 Å². The highest BCUT2D eigenvalue weighted by Crippen LogP contribution is 2.19. The lowest BCUT2D eigenvalue weighted by Gasteiger charge is -2.10. The van der Waals surface area contributed by atoms with Gasteiger partial charge < -0.3 is 5.32 Å². The molecule has 0 fully saturated rings. The van der Waals surface area contributed by atoms with E-state index in [1.807, 2.05) is 5.51 Å². The summed E-state index contributed by atoms with van der Waals surface area (Å²) in [6.45, 7) is 5.15. The minimum Gasteiger partial charge on any atom is -0.380 e. The van der Waals surface area contributed by atoms with Crippen LogP contribution in [0.1, 0.15) is 29.5 Å². The molecule has 1 heterocycles. The second kappa shape index (κ2) is 5.82. The van der Waals surface area contributed by atoms with Crippen LogP contribution in [0.15, 0.2) is 29.8 Å². The summed E-state index contributed by atoms with van der Waals surface area (Å²) in [4.78, 5) is 5.58. The van der Waals surface area contributed by atoms with Gasteiger partial charge in [-0.1, -0.05) is 31.5 Å². The van der Waals surface area contributed by atoms with Crippen LogP contribution >= 0.6 is 11.3 Å². The van der Waals surface area contributed by atoms with Crippen LogP contribution in [0.25, 0.3) is 0 Å². The Balaban J connectivity index is 2.06. The Morgan fingerprint density at radius 3 is 2.82 bits per heavy atom. The molecule has 0 saturated carbocycles. The highest BCUT2D eigenvalue weighted by Gasteiger charge is 2.03. The number of rotatable bonds is 5. The molecule has 0 aliphatic rings. The van der Waals surface area contributed by atoms with E-state index >= 15 is 0 Å². The fourth-order valence-corrected chi connectivity index (χ4v) is 2.57. The largest absolute Gasteiger partial charge is 0.380 e. The predicted octanol–water partition coefficient (Wildman–Crippen LogP) is 4.02. The summed E-state index contributed by atoms with van der Waals surface area (Å²) >= 11 is 1.71. The van der Waals surface area contributed by atoms with Crippen molar-refractivity contribution in [3.05, 3.63) is 45.9 Å². The molecule has 1 aromatic heterocycles. The third kappa shape index (κ3) is 3.07. The van der Waals surface area contributed by atoms with Crippen molar-refractivity contribution in [2.24, 2.45) is 0 Å². The molecule has 0 amide bonds. The van der Waals surface area contributed by atoms with Gasteiger partial charge in [0.15, 0.2) is 0 Å². The van der Waals surface area contributed by atoms with Crippen LogP contribution in [0.2, 0.25) is 0 Å². The van der Waals surface area contributed by atoms with E-state index in [-0.39, 0.29) is 0 Å². The van der Waals surface area contributed by atoms with E-state index in [0.717, 1.165) is 18.7 Å². The van der Waals surface area contributed by atoms with E-state index in [4.69, 9.17) is 0 Å². The van der Waals surface area contributed by atoms with Gasteiger partial charge >= 0.3 is 0 Å². The van der Waals surface area contributed by atoms with Gasteiger partial charge in [0, 0.05) is 10.6 Å². The van der Waals surface area contributed by atoms with E-state index in [0.29, 0.717) is 0 Å². The number of hydrogen-bond acceptors (Lipinski definition) is 3. The topological polar surface area (TPSA) is 24.9 Å². The van der Waals surface area contributed by atoms with Gasteiger partial charge in [-0.25, -0.2) is 4.98 Å². The zero-order valence-electron chi connectivity index (χ0n) is 10.4. The number of aromatic nitrogens is 1. The minimum absolute atomic E-state index is 0.872. The quantitative estimate of drug-likeness (QED) is 0.862. The highest BCUT2D eigenvalue weighted by molar-refractivity contribution is 7.09. The smallest absolute Gasteiger partial charge is 0.0798 e. The second-order valence-corrected chi connectivity index (χ2v) is 5.06. The number of nitrogens with one attached hydrogen (secondary N) is 1. The van der Waals surface area contributed by atoms with Crippen molar-refractivity contribution in [2.75, 3.05) is 5.32 Å². The fourth-order valence-electron chi connectivity index (χ4n) is 1.85. The van der Waals surface area contributed by atoms with E-state index in [1.165, 1.54) is 22.5 Å². The van der Waals surface area contributed by atoms with E-state index in [9.17, 15) is 0 Å². The molecular weight excluding hydrogens is 228 g/mol. The lowest BCUT2D eigenvalue weighted by molar-refractivity contribution is 0.919. The molecule has 0 atom stereocenters. The average molecular weight is 246 g/mol. The fraction of sp³-hybridized carbons (Fsp3) is 0.357. The number of aryl methyl sites for hydroxylation is 2. The minimum atomic E-state index is 0.872. The first-order valence-electron chi connectivity index (χ1n) is 6.02. The van der Waals surface area contributed by atoms with Crippen molar-refractivity contribution >= 4 is 17.0 Å². The zero-order chi connectivity index (χ0) is 12.1. The van der Waals surface area contributed by atoms with Crippen molar-refractivity contribution in [1.29, 1.82) is 0 Å². The van der Waals surface area contributed by atoms with Crippen molar-refractivity contribution in [1.82, 2.24) is 4.98 Å². The summed E-state index contributed by atoms with van der Waals surface area (Å²) in [6.07, 6.45) is 2.31. The Bertz CT molecular complexity index is 477. The number of anilines is 1. The van der Waals surface area contributed by atoms with E-state index in [2.05, 4.69) is 48.4 Å². The van der Waals surface area contributed by atoms with Gasteiger partial charge in [-0.05, 0) is 25.0 Å². The molecule has 0 aliphatic heterocycles. The molecule has 2 nitrogen and oxygen atoms in total. The number of nitrogens with zero attached hydrogens (tertiary/aromatic N) is 1. The molecular formula is C14H18N2S. The van der Waals surface area contributed by atoms with Crippen LogP contribution < -0.4 is 5.32 Å². The van der Waals surface area contributed by atoms with Crippen molar-refractivity contribution in [2.45, 2.75) is 33.2 Å². The molecule has 0 radical (unpaired) electrons. The first kappa shape index (κ1) is 12.1. The molecule has 0 spiro atoms. The standard InChI is InChI=1S/C14H18N2S/c1-3-6-12-7-4-5-8-13(12)15-9-14-11(2)16-10-17-14/h4-5,7-8,10,15H,3,6,9H2,1-2H3. The number of hydrogen-bond donors (Lipinski definition) is 1. The number of thiazole rings is 1. The summed E-state index contributed by atoms with van der Waals surface area (Å²) in [5.41, 5.74) is 5.69. The van der Waals surface area contributed by atoms with Crippen LogP contribution in [-0.4, -0.2) is 4.98 Å². The molecule has 90 valence electrons. The van der Waals surface area contributed by atoms with E-state index < -0.39 is 0 Å². The SMILES string of the molecule is CCCc1ccccc1NCc1scnc1C. The van der Waals surface area contributed by atoms with Crippen molar-refractivity contribution in [3.8, 4) is 0 Å². The predicted molar refractivity (Wildman–Crippen MR) is 74.6 cm³/mol. The summed E-state index contributed by atoms with van der Waals surface area (Å²) in [5, 5.41) is 3.51. The summed E-state index contributed by atoms with van der Waals surface area (Å²) in [5.74, 6) is 0.